The van der Waals surface area contributed by atoms with Crippen molar-refractivity contribution in [3.8, 4) is 5.75 Å². The number of carboxylic acid groups (broad SMARTS) is 1. The summed E-state index contributed by atoms with van der Waals surface area (Å²) in [6.07, 6.45) is 0. The first-order valence-corrected chi connectivity index (χ1v) is 6.73. The zero-order chi connectivity index (χ0) is 15.7. The van der Waals surface area contributed by atoms with Crippen LogP contribution in [0.1, 0.15) is 16.1 Å². The summed E-state index contributed by atoms with van der Waals surface area (Å²) in [6, 6.07) is 13.2. The Bertz CT molecular complexity index is 854. The molecule has 1 aromatic heterocycles. The number of aromatic nitrogens is 1. The molecule has 0 aliphatic carbocycles. The Morgan fingerprint density at radius 3 is 2.77 bits per heavy atom. The smallest absolute Gasteiger partial charge is 0.352 e. The molecule has 0 saturated heterocycles. The molecule has 0 unspecified atom stereocenters. The quantitative estimate of drug-likeness (QED) is 0.801. The predicted molar refractivity (Wildman–Crippen MR) is 81.0 cm³/mol. The number of methoxy groups -OCH3 is 1. The zero-order valence-corrected chi connectivity index (χ0v) is 11.9. The summed E-state index contributed by atoms with van der Waals surface area (Å²) >= 11 is 0. The van der Waals surface area contributed by atoms with Crippen molar-refractivity contribution in [2.45, 2.75) is 6.54 Å². The summed E-state index contributed by atoms with van der Waals surface area (Å²) in [7, 11) is 1.57. The van der Waals surface area contributed by atoms with Gasteiger partial charge in [-0.2, -0.15) is 0 Å². The van der Waals surface area contributed by atoms with E-state index in [2.05, 4.69) is 0 Å². The summed E-state index contributed by atoms with van der Waals surface area (Å²) in [5, 5.41) is 10.1. The third kappa shape index (κ3) is 2.53. The van der Waals surface area contributed by atoms with E-state index in [-0.39, 0.29) is 5.69 Å². The molecule has 0 aliphatic rings. The topological polar surface area (TPSA) is 51.5 Å². The average Bonchev–Trinajstić information content (AvgIpc) is 2.86. The number of hydrogen-bond donors (Lipinski definition) is 1. The molecule has 1 heterocycles. The van der Waals surface area contributed by atoms with Crippen LogP contribution in [0, 0.1) is 5.82 Å². The normalized spacial score (nSPS) is 10.8. The maximum atomic E-state index is 13.5. The molecule has 22 heavy (non-hydrogen) atoms. The van der Waals surface area contributed by atoms with E-state index >= 15 is 0 Å². The van der Waals surface area contributed by atoms with Gasteiger partial charge < -0.3 is 14.4 Å². The molecule has 0 spiro atoms. The van der Waals surface area contributed by atoms with Gasteiger partial charge >= 0.3 is 5.97 Å². The van der Waals surface area contributed by atoms with E-state index in [1.165, 1.54) is 12.1 Å². The lowest BCUT2D eigenvalue weighted by molar-refractivity contribution is 0.0686. The number of carboxylic acids is 1. The van der Waals surface area contributed by atoms with Gasteiger partial charge in [-0.05, 0) is 42.0 Å². The van der Waals surface area contributed by atoms with E-state index < -0.39 is 11.8 Å². The lowest BCUT2D eigenvalue weighted by Gasteiger charge is -2.10. The van der Waals surface area contributed by atoms with Crippen LogP contribution < -0.4 is 4.74 Å². The number of benzene rings is 2. The molecule has 0 atom stereocenters. The number of ether oxygens (including phenoxy) is 1. The van der Waals surface area contributed by atoms with E-state index in [9.17, 15) is 14.3 Å². The Kier molecular flexibility index (Phi) is 3.55. The first-order chi connectivity index (χ1) is 10.6. The third-order valence-electron chi connectivity index (χ3n) is 3.56. The minimum atomic E-state index is -1.04. The van der Waals surface area contributed by atoms with Crippen molar-refractivity contribution in [2.75, 3.05) is 7.11 Å². The molecule has 0 bridgehead atoms. The molecule has 4 nitrogen and oxygen atoms in total. The molecule has 0 amide bonds. The third-order valence-corrected chi connectivity index (χ3v) is 3.56. The highest BCUT2D eigenvalue weighted by Crippen LogP contribution is 2.23. The van der Waals surface area contributed by atoms with Gasteiger partial charge in [-0.15, -0.1) is 0 Å². The maximum Gasteiger partial charge on any atom is 0.352 e. The standard InChI is InChI=1S/C17H14FNO3/c1-22-14-4-2-3-11(7-14)10-19-15-9-13(18)6-5-12(15)8-16(19)17(20)21/h2-9H,10H2,1H3,(H,20,21). The molecule has 2 aromatic carbocycles. The SMILES string of the molecule is COc1cccc(Cn2c(C(=O)O)cc3ccc(F)cc32)c1. The highest BCUT2D eigenvalue weighted by Gasteiger charge is 2.15. The fourth-order valence-corrected chi connectivity index (χ4v) is 2.53. The Balaban J connectivity index is 2.13. The molecule has 112 valence electrons. The van der Waals surface area contributed by atoms with Crippen molar-refractivity contribution in [3.63, 3.8) is 0 Å². The van der Waals surface area contributed by atoms with Gasteiger partial charge in [-0.25, -0.2) is 9.18 Å². The van der Waals surface area contributed by atoms with Gasteiger partial charge in [0, 0.05) is 11.9 Å². The van der Waals surface area contributed by atoms with Gasteiger partial charge in [0.1, 0.15) is 17.3 Å². The minimum Gasteiger partial charge on any atom is -0.497 e. The molecule has 1 N–H and O–H groups in total. The summed E-state index contributed by atoms with van der Waals surface area (Å²) < 4.78 is 20.3. The highest BCUT2D eigenvalue weighted by molar-refractivity contribution is 5.94. The molecule has 0 fully saturated rings. The monoisotopic (exact) mass is 299 g/mol. The van der Waals surface area contributed by atoms with Crippen molar-refractivity contribution in [3.05, 3.63) is 65.6 Å². The molecule has 0 saturated carbocycles. The second-order valence-electron chi connectivity index (χ2n) is 4.98. The number of halogens is 1. The molecule has 3 rings (SSSR count). The number of nitrogens with zero attached hydrogens (tertiary/aromatic N) is 1. The van der Waals surface area contributed by atoms with Crippen LogP contribution >= 0.6 is 0 Å². The van der Waals surface area contributed by atoms with E-state index in [0.29, 0.717) is 23.2 Å². The maximum absolute atomic E-state index is 13.5. The minimum absolute atomic E-state index is 0.128. The van der Waals surface area contributed by atoms with Gasteiger partial charge in [0.25, 0.3) is 0 Å². The van der Waals surface area contributed by atoms with Crippen LogP contribution in [0.4, 0.5) is 4.39 Å². The van der Waals surface area contributed by atoms with E-state index in [1.54, 1.807) is 23.8 Å². The Labute approximate surface area is 126 Å². The lowest BCUT2D eigenvalue weighted by Crippen LogP contribution is -2.09. The van der Waals surface area contributed by atoms with Crippen LogP contribution in [0.25, 0.3) is 10.9 Å². The van der Waals surface area contributed by atoms with Crippen molar-refractivity contribution in [1.82, 2.24) is 4.57 Å². The number of rotatable bonds is 4. The first kappa shape index (κ1) is 14.1. The van der Waals surface area contributed by atoms with Gasteiger partial charge in [0.05, 0.1) is 12.6 Å². The Hall–Kier alpha value is -2.82. The van der Waals surface area contributed by atoms with Gasteiger partial charge in [0.15, 0.2) is 0 Å². The largest absolute Gasteiger partial charge is 0.497 e. The van der Waals surface area contributed by atoms with Gasteiger partial charge in [-0.1, -0.05) is 12.1 Å². The fourth-order valence-electron chi connectivity index (χ4n) is 2.53. The van der Waals surface area contributed by atoms with Crippen molar-refractivity contribution >= 4 is 16.9 Å². The fraction of sp³-hybridized carbons (Fsp3) is 0.118. The van der Waals surface area contributed by atoms with Crippen LogP contribution in [0.3, 0.4) is 0 Å². The van der Waals surface area contributed by atoms with Crippen LogP contribution in [0.5, 0.6) is 5.75 Å². The number of aromatic carboxylic acids is 1. The van der Waals surface area contributed by atoms with Crippen LogP contribution in [-0.4, -0.2) is 22.8 Å². The van der Waals surface area contributed by atoms with Crippen molar-refractivity contribution in [2.24, 2.45) is 0 Å². The van der Waals surface area contributed by atoms with E-state index in [4.69, 9.17) is 4.74 Å². The summed E-state index contributed by atoms with van der Waals surface area (Å²) in [5.74, 6) is -0.744. The number of carbonyl (C=O) groups is 1. The predicted octanol–water partition coefficient (Wildman–Crippen LogP) is 3.54. The first-order valence-electron chi connectivity index (χ1n) is 6.73. The second kappa shape index (κ2) is 5.52. The molecule has 3 aromatic rings. The molecule has 0 radical (unpaired) electrons. The molecule has 0 aliphatic heterocycles. The summed E-state index contributed by atoms with van der Waals surface area (Å²) in [4.78, 5) is 11.5. The van der Waals surface area contributed by atoms with Crippen molar-refractivity contribution < 1.29 is 19.0 Å². The van der Waals surface area contributed by atoms with Gasteiger partial charge in [-0.3, -0.25) is 0 Å². The van der Waals surface area contributed by atoms with Gasteiger partial charge in [0.2, 0.25) is 0 Å². The summed E-state index contributed by atoms with van der Waals surface area (Å²) in [6.45, 7) is 0.325. The average molecular weight is 299 g/mol. The van der Waals surface area contributed by atoms with Crippen LogP contribution in [-0.2, 0) is 6.54 Å². The van der Waals surface area contributed by atoms with E-state index in [0.717, 1.165) is 5.56 Å². The van der Waals surface area contributed by atoms with Crippen LogP contribution in [0.2, 0.25) is 0 Å². The molecule has 5 heteroatoms. The molecular weight excluding hydrogens is 285 g/mol. The van der Waals surface area contributed by atoms with Crippen molar-refractivity contribution in [1.29, 1.82) is 0 Å². The molecular formula is C17H14FNO3. The van der Waals surface area contributed by atoms with E-state index in [1.807, 2.05) is 24.3 Å². The Morgan fingerprint density at radius 1 is 1.23 bits per heavy atom. The zero-order valence-electron chi connectivity index (χ0n) is 11.9. The summed E-state index contributed by atoms with van der Waals surface area (Å²) in [5.41, 5.74) is 1.56. The Morgan fingerprint density at radius 2 is 2.05 bits per heavy atom. The second-order valence-corrected chi connectivity index (χ2v) is 4.98. The van der Waals surface area contributed by atoms with Crippen LogP contribution in [0.15, 0.2) is 48.5 Å². The lowest BCUT2D eigenvalue weighted by atomic mass is 10.2. The number of fused-ring (bicyclic) bond motifs is 1. The highest BCUT2D eigenvalue weighted by atomic mass is 19.1. The number of hydrogen-bond acceptors (Lipinski definition) is 2.